The van der Waals surface area contributed by atoms with E-state index in [1.54, 1.807) is 4.90 Å². The van der Waals surface area contributed by atoms with Gasteiger partial charge in [-0.1, -0.05) is 20.8 Å². The van der Waals surface area contributed by atoms with Crippen molar-refractivity contribution in [3.63, 3.8) is 0 Å². The summed E-state index contributed by atoms with van der Waals surface area (Å²) in [4.78, 5) is 14.0. The van der Waals surface area contributed by atoms with Crippen molar-refractivity contribution in [2.75, 3.05) is 13.7 Å². The molecule has 1 aliphatic carbocycles. The molecule has 0 N–H and O–H groups in total. The van der Waals surface area contributed by atoms with Gasteiger partial charge < -0.3 is 14.4 Å². The molecule has 1 aliphatic heterocycles. The van der Waals surface area contributed by atoms with Crippen LogP contribution in [-0.2, 0) is 9.47 Å². The summed E-state index contributed by atoms with van der Waals surface area (Å²) in [6.07, 6.45) is 4.13. The van der Waals surface area contributed by atoms with Gasteiger partial charge in [0.1, 0.15) is 5.60 Å². The second-order valence-corrected chi connectivity index (χ2v) is 9.30. The summed E-state index contributed by atoms with van der Waals surface area (Å²) in [5.74, 6) is 0.675. The number of likely N-dealkylation sites (N-methyl/N-ethyl adjacent to an activating group) is 1. The molecule has 1 amide bonds. The number of rotatable bonds is 1. The van der Waals surface area contributed by atoms with Crippen LogP contribution >= 0.6 is 0 Å². The Balaban J connectivity index is 2.01. The first kappa shape index (κ1) is 17.6. The number of amides is 1. The molecule has 4 nitrogen and oxygen atoms in total. The Labute approximate surface area is 135 Å². The van der Waals surface area contributed by atoms with Gasteiger partial charge in [-0.05, 0) is 57.8 Å². The van der Waals surface area contributed by atoms with E-state index in [9.17, 15) is 4.79 Å². The molecular weight excluding hydrogens is 278 g/mol. The van der Waals surface area contributed by atoms with Crippen LogP contribution in [0.1, 0.15) is 67.2 Å². The summed E-state index contributed by atoms with van der Waals surface area (Å²) in [5, 5.41) is 0. The van der Waals surface area contributed by atoms with Crippen LogP contribution in [0.3, 0.4) is 0 Å². The number of carbonyl (C=O) groups is 1. The Morgan fingerprint density at radius 3 is 2.41 bits per heavy atom. The lowest BCUT2D eigenvalue weighted by atomic mass is 9.65. The van der Waals surface area contributed by atoms with Gasteiger partial charge in [0.15, 0.2) is 0 Å². The fourth-order valence-corrected chi connectivity index (χ4v) is 4.48. The molecule has 0 bridgehead atoms. The molecule has 0 unspecified atom stereocenters. The van der Waals surface area contributed by atoms with E-state index in [-0.39, 0.29) is 17.7 Å². The molecule has 3 atom stereocenters. The fraction of sp³-hybridized carbons (Fsp3) is 0.944. The van der Waals surface area contributed by atoms with E-state index in [0.717, 1.165) is 19.3 Å². The molecule has 1 heterocycles. The zero-order valence-corrected chi connectivity index (χ0v) is 15.4. The summed E-state index contributed by atoms with van der Waals surface area (Å²) in [6, 6.07) is 0.121. The third kappa shape index (κ3) is 4.15. The minimum Gasteiger partial charge on any atom is -0.444 e. The molecule has 1 spiro atoms. The van der Waals surface area contributed by atoms with E-state index in [1.165, 1.54) is 6.42 Å². The first-order valence-corrected chi connectivity index (χ1v) is 8.51. The van der Waals surface area contributed by atoms with E-state index in [4.69, 9.17) is 9.47 Å². The van der Waals surface area contributed by atoms with Crippen molar-refractivity contribution in [2.45, 2.75) is 84.5 Å². The lowest BCUT2D eigenvalue weighted by Gasteiger charge is -2.45. The van der Waals surface area contributed by atoms with Gasteiger partial charge in [-0.15, -0.1) is 0 Å². The molecule has 1 saturated heterocycles. The van der Waals surface area contributed by atoms with E-state index >= 15 is 0 Å². The maximum absolute atomic E-state index is 12.3. The van der Waals surface area contributed by atoms with Crippen LogP contribution in [0.15, 0.2) is 0 Å². The first-order chi connectivity index (χ1) is 9.91. The highest BCUT2D eigenvalue weighted by molar-refractivity contribution is 5.68. The van der Waals surface area contributed by atoms with E-state index in [0.29, 0.717) is 17.9 Å². The third-order valence-corrected chi connectivity index (χ3v) is 4.84. The summed E-state index contributed by atoms with van der Waals surface area (Å²) in [7, 11) is 1.83. The second kappa shape index (κ2) is 5.70. The molecule has 0 aromatic rings. The van der Waals surface area contributed by atoms with Gasteiger partial charge in [0.2, 0.25) is 0 Å². The van der Waals surface area contributed by atoms with Crippen LogP contribution in [0.2, 0.25) is 0 Å². The smallest absolute Gasteiger partial charge is 0.410 e. The molecule has 0 aromatic heterocycles. The van der Waals surface area contributed by atoms with Crippen LogP contribution in [0.4, 0.5) is 4.79 Å². The Bertz CT molecular complexity index is 427. The molecule has 0 aromatic carbocycles. The Kier molecular flexibility index (Phi) is 4.55. The van der Waals surface area contributed by atoms with Crippen LogP contribution in [-0.4, -0.2) is 41.9 Å². The third-order valence-electron chi connectivity index (χ3n) is 4.84. The van der Waals surface area contributed by atoms with Crippen molar-refractivity contribution >= 4 is 6.09 Å². The minimum atomic E-state index is -0.455. The van der Waals surface area contributed by atoms with Gasteiger partial charge >= 0.3 is 6.09 Å². The first-order valence-electron chi connectivity index (χ1n) is 8.51. The zero-order chi connectivity index (χ0) is 16.8. The Morgan fingerprint density at radius 2 is 1.86 bits per heavy atom. The van der Waals surface area contributed by atoms with Crippen LogP contribution in [0, 0.1) is 11.3 Å². The highest BCUT2D eigenvalue weighted by Gasteiger charge is 2.49. The van der Waals surface area contributed by atoms with Gasteiger partial charge in [-0.3, -0.25) is 0 Å². The van der Waals surface area contributed by atoms with Crippen molar-refractivity contribution < 1.29 is 14.3 Å². The number of ether oxygens (including phenoxy) is 2. The highest BCUT2D eigenvalue weighted by Crippen LogP contribution is 2.50. The highest BCUT2D eigenvalue weighted by atomic mass is 16.6. The predicted molar refractivity (Wildman–Crippen MR) is 87.9 cm³/mol. The molecule has 1 saturated carbocycles. The molecule has 2 aliphatic rings. The Hall–Kier alpha value is -0.770. The molecular formula is C18H33NO3. The maximum Gasteiger partial charge on any atom is 0.410 e. The van der Waals surface area contributed by atoms with Gasteiger partial charge in [0, 0.05) is 7.05 Å². The molecule has 2 fully saturated rings. The van der Waals surface area contributed by atoms with Crippen molar-refractivity contribution in [1.82, 2.24) is 4.90 Å². The van der Waals surface area contributed by atoms with Crippen molar-refractivity contribution in [2.24, 2.45) is 11.3 Å². The zero-order valence-electron chi connectivity index (χ0n) is 15.4. The van der Waals surface area contributed by atoms with Gasteiger partial charge in [0.05, 0.1) is 18.2 Å². The van der Waals surface area contributed by atoms with Crippen LogP contribution < -0.4 is 0 Å². The summed E-state index contributed by atoms with van der Waals surface area (Å²) in [5.41, 5.74) is -0.191. The van der Waals surface area contributed by atoms with Crippen molar-refractivity contribution in [1.29, 1.82) is 0 Å². The lowest BCUT2D eigenvalue weighted by molar-refractivity contribution is -0.0753. The number of hydrogen-bond acceptors (Lipinski definition) is 3. The fourth-order valence-electron chi connectivity index (χ4n) is 4.48. The average Bonchev–Trinajstić information content (AvgIpc) is 2.65. The average molecular weight is 311 g/mol. The Morgan fingerprint density at radius 1 is 1.23 bits per heavy atom. The molecule has 22 heavy (non-hydrogen) atoms. The SMILES string of the molecule is C[C@@H]1CC(C)(C)C[C@]2(C1)C[C@@H](N(C)C(=O)OC(C)(C)C)CO2. The van der Waals surface area contributed by atoms with Gasteiger partial charge in [-0.25, -0.2) is 4.79 Å². The quantitative estimate of drug-likeness (QED) is 0.727. The summed E-state index contributed by atoms with van der Waals surface area (Å²) in [6.45, 7) is 13.3. The largest absolute Gasteiger partial charge is 0.444 e. The number of hydrogen-bond donors (Lipinski definition) is 0. The van der Waals surface area contributed by atoms with Gasteiger partial charge in [0.25, 0.3) is 0 Å². The van der Waals surface area contributed by atoms with Crippen LogP contribution in [0.5, 0.6) is 0 Å². The lowest BCUT2D eigenvalue weighted by Crippen LogP contribution is -2.44. The molecule has 0 radical (unpaired) electrons. The van der Waals surface area contributed by atoms with Gasteiger partial charge in [-0.2, -0.15) is 0 Å². The van der Waals surface area contributed by atoms with E-state index < -0.39 is 5.60 Å². The topological polar surface area (TPSA) is 38.8 Å². The van der Waals surface area contributed by atoms with Crippen LogP contribution in [0.25, 0.3) is 0 Å². The monoisotopic (exact) mass is 311 g/mol. The predicted octanol–water partition coefficient (Wildman–Crippen LogP) is 4.23. The van der Waals surface area contributed by atoms with E-state index in [1.807, 2.05) is 27.8 Å². The van der Waals surface area contributed by atoms with E-state index in [2.05, 4.69) is 20.8 Å². The molecule has 2 rings (SSSR count). The molecule has 4 heteroatoms. The van der Waals surface area contributed by atoms with Crippen molar-refractivity contribution in [3.8, 4) is 0 Å². The maximum atomic E-state index is 12.3. The number of nitrogens with zero attached hydrogens (tertiary/aromatic N) is 1. The standard InChI is InChI=1S/C18H33NO3/c1-13-8-17(5,6)12-18(9-13)10-14(11-21-18)19(7)15(20)22-16(2,3)4/h13-14H,8-12H2,1-7H3/t13-,14-,18+/m1/s1. The second-order valence-electron chi connectivity index (χ2n) is 9.30. The minimum absolute atomic E-state index is 0.0535. The summed E-state index contributed by atoms with van der Waals surface area (Å²) < 4.78 is 11.7. The van der Waals surface area contributed by atoms with Crippen molar-refractivity contribution in [3.05, 3.63) is 0 Å². The normalized spacial score (nSPS) is 34.7. The summed E-state index contributed by atoms with van der Waals surface area (Å²) >= 11 is 0. The molecule has 128 valence electrons. The number of carbonyl (C=O) groups excluding carboxylic acids is 1.